The summed E-state index contributed by atoms with van der Waals surface area (Å²) in [5.41, 5.74) is 0. The molecule has 1 fully saturated rings. The minimum absolute atomic E-state index is 0.0986. The molecule has 0 aromatic carbocycles. The molecule has 130 valence electrons. The maximum Gasteiger partial charge on any atom is 0.317 e. The van der Waals surface area contributed by atoms with Crippen molar-refractivity contribution in [3.8, 4) is 0 Å². The van der Waals surface area contributed by atoms with Crippen LogP contribution >= 0.6 is 0 Å². The summed E-state index contributed by atoms with van der Waals surface area (Å²) in [6, 6.07) is 3.88. The van der Waals surface area contributed by atoms with Crippen molar-refractivity contribution >= 4 is 6.03 Å². The topological polar surface area (TPSA) is 67.2 Å². The van der Waals surface area contributed by atoms with Crippen LogP contribution < -0.4 is 5.32 Å². The summed E-state index contributed by atoms with van der Waals surface area (Å²) < 4.78 is 15.8. The summed E-state index contributed by atoms with van der Waals surface area (Å²) in [5.74, 6) is 0.762. The second-order valence-corrected chi connectivity index (χ2v) is 5.68. The Morgan fingerprint density at radius 3 is 2.91 bits per heavy atom. The highest BCUT2D eigenvalue weighted by atomic mass is 16.5. The lowest BCUT2D eigenvalue weighted by Gasteiger charge is -2.33. The summed E-state index contributed by atoms with van der Waals surface area (Å²) in [6.45, 7) is 7.54. The highest BCUT2D eigenvalue weighted by molar-refractivity contribution is 5.74. The van der Waals surface area contributed by atoms with Crippen LogP contribution in [0.3, 0.4) is 0 Å². The van der Waals surface area contributed by atoms with Crippen LogP contribution in [0.4, 0.5) is 4.79 Å². The lowest BCUT2D eigenvalue weighted by molar-refractivity contribution is 0.0206. The second-order valence-electron chi connectivity index (χ2n) is 5.68. The first-order valence-corrected chi connectivity index (χ1v) is 8.06. The fraction of sp³-hybridized carbons (Fsp3) is 0.688. The van der Waals surface area contributed by atoms with E-state index < -0.39 is 0 Å². The van der Waals surface area contributed by atoms with E-state index in [1.165, 1.54) is 0 Å². The second kappa shape index (κ2) is 9.54. The van der Waals surface area contributed by atoms with E-state index in [1.54, 1.807) is 18.3 Å². The number of ether oxygens (including phenoxy) is 2. The SMILES string of the molecule is COCCN(Cc1ccco1)C(=O)NCC(C)N1CCOCC1. The molecule has 0 aliphatic carbocycles. The van der Waals surface area contributed by atoms with E-state index in [0.717, 1.165) is 32.1 Å². The smallest absolute Gasteiger partial charge is 0.317 e. The Labute approximate surface area is 137 Å². The van der Waals surface area contributed by atoms with Gasteiger partial charge in [-0.05, 0) is 19.1 Å². The number of carbonyl (C=O) groups excluding carboxylic acids is 1. The minimum atomic E-state index is -0.0986. The van der Waals surface area contributed by atoms with Gasteiger partial charge in [0, 0.05) is 39.3 Å². The molecule has 2 rings (SSSR count). The predicted octanol–water partition coefficient (Wildman–Crippen LogP) is 1.16. The predicted molar refractivity (Wildman–Crippen MR) is 86.2 cm³/mol. The number of hydrogen-bond donors (Lipinski definition) is 1. The number of rotatable bonds is 8. The first kappa shape index (κ1) is 17.8. The van der Waals surface area contributed by atoms with E-state index >= 15 is 0 Å². The molecule has 1 aromatic rings. The monoisotopic (exact) mass is 325 g/mol. The third-order valence-electron chi connectivity index (χ3n) is 4.00. The van der Waals surface area contributed by atoms with Crippen LogP contribution in [-0.4, -0.2) is 75.0 Å². The van der Waals surface area contributed by atoms with E-state index in [2.05, 4.69) is 17.1 Å². The van der Waals surface area contributed by atoms with E-state index in [9.17, 15) is 4.79 Å². The molecular formula is C16H27N3O4. The Kier molecular flexibility index (Phi) is 7.38. The average molecular weight is 325 g/mol. The van der Waals surface area contributed by atoms with Crippen molar-refractivity contribution in [2.45, 2.75) is 19.5 Å². The lowest BCUT2D eigenvalue weighted by atomic mass is 10.2. The molecule has 1 aliphatic rings. The first-order valence-electron chi connectivity index (χ1n) is 8.06. The largest absolute Gasteiger partial charge is 0.467 e. The van der Waals surface area contributed by atoms with Gasteiger partial charge in [0.2, 0.25) is 0 Å². The van der Waals surface area contributed by atoms with Gasteiger partial charge in [0.15, 0.2) is 0 Å². The molecule has 23 heavy (non-hydrogen) atoms. The zero-order valence-electron chi connectivity index (χ0n) is 14.0. The van der Waals surface area contributed by atoms with E-state index in [1.807, 2.05) is 12.1 Å². The molecule has 1 aromatic heterocycles. The normalized spacial score (nSPS) is 17.0. The third-order valence-corrected chi connectivity index (χ3v) is 4.00. The molecule has 0 radical (unpaired) electrons. The molecule has 7 nitrogen and oxygen atoms in total. The van der Waals surface area contributed by atoms with Crippen LogP contribution in [0.5, 0.6) is 0 Å². The number of methoxy groups -OCH3 is 1. The zero-order valence-corrected chi connectivity index (χ0v) is 14.0. The van der Waals surface area contributed by atoms with Crippen LogP contribution in [0.15, 0.2) is 22.8 Å². The maximum atomic E-state index is 12.4. The van der Waals surface area contributed by atoms with Crippen molar-refractivity contribution < 1.29 is 18.7 Å². The van der Waals surface area contributed by atoms with Gasteiger partial charge >= 0.3 is 6.03 Å². The van der Waals surface area contributed by atoms with Crippen LogP contribution in [0.1, 0.15) is 12.7 Å². The standard InChI is InChI=1S/C16H27N3O4/c1-14(18-6-10-22-11-7-18)12-17-16(20)19(5-9-21-2)13-15-4-3-8-23-15/h3-4,8,14H,5-7,9-13H2,1-2H3,(H,17,20). The molecule has 1 N–H and O–H groups in total. The highest BCUT2D eigenvalue weighted by Gasteiger charge is 2.20. The van der Waals surface area contributed by atoms with Gasteiger partial charge in [0.1, 0.15) is 5.76 Å². The Balaban J connectivity index is 1.81. The highest BCUT2D eigenvalue weighted by Crippen LogP contribution is 2.07. The summed E-state index contributed by atoms with van der Waals surface area (Å²) in [6.07, 6.45) is 1.61. The van der Waals surface area contributed by atoms with Crippen LogP contribution in [0.25, 0.3) is 0 Å². The Morgan fingerprint density at radius 1 is 1.48 bits per heavy atom. The van der Waals surface area contributed by atoms with Gasteiger partial charge in [0.25, 0.3) is 0 Å². The molecule has 2 amide bonds. The van der Waals surface area contributed by atoms with Gasteiger partial charge < -0.3 is 24.1 Å². The fourth-order valence-corrected chi connectivity index (χ4v) is 2.54. The molecule has 1 atom stereocenters. The summed E-state index contributed by atoms with van der Waals surface area (Å²) in [7, 11) is 1.63. The Hall–Kier alpha value is -1.57. The summed E-state index contributed by atoms with van der Waals surface area (Å²) in [5, 5.41) is 3.01. The van der Waals surface area contributed by atoms with Gasteiger partial charge in [-0.2, -0.15) is 0 Å². The van der Waals surface area contributed by atoms with Crippen molar-refractivity contribution in [1.29, 1.82) is 0 Å². The maximum absolute atomic E-state index is 12.4. The van der Waals surface area contributed by atoms with Crippen molar-refractivity contribution in [1.82, 2.24) is 15.1 Å². The van der Waals surface area contributed by atoms with Gasteiger partial charge in [-0.1, -0.05) is 0 Å². The molecule has 2 heterocycles. The van der Waals surface area contributed by atoms with Crippen LogP contribution in [-0.2, 0) is 16.0 Å². The van der Waals surface area contributed by atoms with E-state index in [-0.39, 0.29) is 12.1 Å². The molecule has 1 saturated heterocycles. The summed E-state index contributed by atoms with van der Waals surface area (Å²) >= 11 is 0. The van der Waals surface area contributed by atoms with Crippen molar-refractivity contribution in [3.63, 3.8) is 0 Å². The Morgan fingerprint density at radius 2 is 2.26 bits per heavy atom. The minimum Gasteiger partial charge on any atom is -0.467 e. The van der Waals surface area contributed by atoms with Gasteiger partial charge in [-0.3, -0.25) is 4.90 Å². The molecule has 0 saturated carbocycles. The Bertz CT molecular complexity index is 446. The molecule has 1 aliphatic heterocycles. The zero-order chi connectivity index (χ0) is 16.5. The quantitative estimate of drug-likeness (QED) is 0.777. The number of amides is 2. The molecule has 0 bridgehead atoms. The lowest BCUT2D eigenvalue weighted by Crippen LogP contribution is -2.49. The van der Waals surface area contributed by atoms with Gasteiger partial charge in [-0.25, -0.2) is 4.79 Å². The van der Waals surface area contributed by atoms with Gasteiger partial charge in [-0.15, -0.1) is 0 Å². The number of nitrogens with zero attached hydrogens (tertiary/aromatic N) is 2. The average Bonchev–Trinajstić information content (AvgIpc) is 3.10. The first-order chi connectivity index (χ1) is 11.2. The number of nitrogens with one attached hydrogen (secondary N) is 1. The third kappa shape index (κ3) is 5.85. The molecule has 7 heteroatoms. The van der Waals surface area contributed by atoms with Crippen molar-refractivity contribution in [2.75, 3.05) is 53.1 Å². The molecular weight excluding hydrogens is 298 g/mol. The number of urea groups is 1. The number of morpholine rings is 1. The van der Waals surface area contributed by atoms with Crippen LogP contribution in [0, 0.1) is 0 Å². The van der Waals surface area contributed by atoms with Crippen LogP contribution in [0.2, 0.25) is 0 Å². The number of hydrogen-bond acceptors (Lipinski definition) is 5. The number of furan rings is 1. The van der Waals surface area contributed by atoms with E-state index in [4.69, 9.17) is 13.9 Å². The number of carbonyl (C=O) groups is 1. The molecule has 0 spiro atoms. The van der Waals surface area contributed by atoms with Crippen molar-refractivity contribution in [2.24, 2.45) is 0 Å². The van der Waals surface area contributed by atoms with Crippen molar-refractivity contribution in [3.05, 3.63) is 24.2 Å². The summed E-state index contributed by atoms with van der Waals surface area (Å²) in [4.78, 5) is 16.5. The molecule has 1 unspecified atom stereocenters. The van der Waals surface area contributed by atoms with E-state index in [0.29, 0.717) is 26.2 Å². The van der Waals surface area contributed by atoms with Gasteiger partial charge in [0.05, 0.1) is 32.6 Å². The fourth-order valence-electron chi connectivity index (χ4n) is 2.54.